The molecule has 1 atom stereocenters. The first-order valence-corrected chi connectivity index (χ1v) is 7.16. The van der Waals surface area contributed by atoms with E-state index >= 15 is 0 Å². The molecule has 0 radical (unpaired) electrons. The second-order valence-corrected chi connectivity index (χ2v) is 5.04. The van der Waals surface area contributed by atoms with Gasteiger partial charge >= 0.3 is 0 Å². The summed E-state index contributed by atoms with van der Waals surface area (Å²) in [5.74, 6) is 0.967. The first kappa shape index (κ1) is 14.6. The van der Waals surface area contributed by atoms with Crippen LogP contribution in [0.25, 0.3) is 0 Å². The van der Waals surface area contributed by atoms with Gasteiger partial charge in [-0.15, -0.1) is 0 Å². The Morgan fingerprint density at radius 3 is 2.50 bits per heavy atom. The van der Waals surface area contributed by atoms with E-state index in [0.717, 1.165) is 18.7 Å². The number of hydrogen-bond donors (Lipinski definition) is 1. The fourth-order valence-corrected chi connectivity index (χ4v) is 2.53. The van der Waals surface area contributed by atoms with Crippen molar-refractivity contribution in [1.29, 1.82) is 0 Å². The quantitative estimate of drug-likeness (QED) is 0.859. The number of aryl methyl sites for hydroxylation is 1. The molecule has 0 saturated heterocycles. The highest BCUT2D eigenvalue weighted by atomic mass is 16.5. The number of hydrogen-bond acceptors (Lipinski definition) is 2. The normalized spacial score (nSPS) is 12.2. The highest BCUT2D eigenvalue weighted by molar-refractivity contribution is 5.38. The Kier molecular flexibility index (Phi) is 5.19. The van der Waals surface area contributed by atoms with Gasteiger partial charge in [0.1, 0.15) is 5.75 Å². The van der Waals surface area contributed by atoms with Crippen LogP contribution in [0.3, 0.4) is 0 Å². The maximum Gasteiger partial charge on any atom is 0.122 e. The zero-order chi connectivity index (χ0) is 14.4. The van der Waals surface area contributed by atoms with E-state index in [0.29, 0.717) is 6.04 Å². The van der Waals surface area contributed by atoms with Crippen LogP contribution in [0.5, 0.6) is 5.75 Å². The van der Waals surface area contributed by atoms with Crippen LogP contribution in [0.15, 0.2) is 48.5 Å². The Morgan fingerprint density at radius 1 is 1.10 bits per heavy atom. The predicted octanol–water partition coefficient (Wildman–Crippen LogP) is 3.90. The largest absolute Gasteiger partial charge is 0.496 e. The van der Waals surface area contributed by atoms with E-state index in [1.807, 2.05) is 0 Å². The smallest absolute Gasteiger partial charge is 0.122 e. The molecule has 0 heterocycles. The first-order valence-electron chi connectivity index (χ1n) is 7.16. The molecule has 0 amide bonds. The fourth-order valence-electron chi connectivity index (χ4n) is 2.53. The molecule has 2 rings (SSSR count). The van der Waals surface area contributed by atoms with Crippen molar-refractivity contribution in [1.82, 2.24) is 5.32 Å². The van der Waals surface area contributed by atoms with Gasteiger partial charge in [-0.1, -0.05) is 55.0 Å². The summed E-state index contributed by atoms with van der Waals surface area (Å²) in [6.45, 7) is 5.21. The Hall–Kier alpha value is -1.80. The summed E-state index contributed by atoms with van der Waals surface area (Å²) in [6, 6.07) is 17.3. The summed E-state index contributed by atoms with van der Waals surface area (Å²) < 4.78 is 5.49. The van der Waals surface area contributed by atoms with Crippen LogP contribution in [0, 0.1) is 6.92 Å². The van der Waals surface area contributed by atoms with E-state index in [-0.39, 0.29) is 0 Å². The molecule has 2 nitrogen and oxygen atoms in total. The summed E-state index contributed by atoms with van der Waals surface area (Å²) in [5, 5.41) is 3.56. The van der Waals surface area contributed by atoms with Crippen LogP contribution in [-0.4, -0.2) is 13.7 Å². The third-order valence-corrected chi connectivity index (χ3v) is 3.51. The molecule has 2 aromatic rings. The number of benzene rings is 2. The van der Waals surface area contributed by atoms with Gasteiger partial charge in [0.2, 0.25) is 0 Å². The predicted molar refractivity (Wildman–Crippen MR) is 84.3 cm³/mol. The van der Waals surface area contributed by atoms with Crippen LogP contribution < -0.4 is 10.1 Å². The summed E-state index contributed by atoms with van der Waals surface area (Å²) in [7, 11) is 1.74. The van der Waals surface area contributed by atoms with Crippen molar-refractivity contribution in [2.45, 2.75) is 26.3 Å². The van der Waals surface area contributed by atoms with Gasteiger partial charge in [0, 0.05) is 6.04 Å². The molecular weight excluding hydrogens is 246 g/mol. The van der Waals surface area contributed by atoms with Crippen molar-refractivity contribution < 1.29 is 4.74 Å². The van der Waals surface area contributed by atoms with Crippen molar-refractivity contribution in [3.05, 3.63) is 65.2 Å². The lowest BCUT2D eigenvalue weighted by molar-refractivity contribution is 0.405. The Morgan fingerprint density at radius 2 is 1.85 bits per heavy atom. The highest BCUT2D eigenvalue weighted by Gasteiger charge is 2.13. The molecular formula is C18H23NO. The monoisotopic (exact) mass is 269 g/mol. The van der Waals surface area contributed by atoms with Gasteiger partial charge in [0.05, 0.1) is 7.11 Å². The van der Waals surface area contributed by atoms with E-state index in [4.69, 9.17) is 4.74 Å². The number of nitrogens with one attached hydrogen (secondary N) is 1. The maximum absolute atomic E-state index is 5.49. The van der Waals surface area contributed by atoms with Crippen LogP contribution in [0.4, 0.5) is 0 Å². The molecule has 20 heavy (non-hydrogen) atoms. The van der Waals surface area contributed by atoms with Crippen molar-refractivity contribution in [3.63, 3.8) is 0 Å². The zero-order valence-electron chi connectivity index (χ0n) is 12.5. The molecule has 0 aliphatic rings. The Balaban J connectivity index is 2.26. The summed E-state index contributed by atoms with van der Waals surface area (Å²) in [4.78, 5) is 0. The second kappa shape index (κ2) is 7.11. The maximum atomic E-state index is 5.49. The lowest BCUT2D eigenvalue weighted by atomic mass is 9.97. The third kappa shape index (κ3) is 3.61. The van der Waals surface area contributed by atoms with Crippen molar-refractivity contribution in [3.8, 4) is 5.75 Å². The molecule has 0 bridgehead atoms. The lowest BCUT2D eigenvalue weighted by Crippen LogP contribution is -2.23. The van der Waals surface area contributed by atoms with Crippen LogP contribution in [-0.2, 0) is 6.42 Å². The standard InChI is InChI=1S/C18H23NO/c1-4-19-17(15-8-6-5-7-9-15)13-16-12-14(2)10-11-18(16)20-3/h5-12,17,19H,4,13H2,1-3H3. The molecule has 0 fully saturated rings. The summed E-state index contributed by atoms with van der Waals surface area (Å²) in [5.41, 5.74) is 3.84. The lowest BCUT2D eigenvalue weighted by Gasteiger charge is -2.20. The van der Waals surface area contributed by atoms with Gasteiger partial charge in [0.15, 0.2) is 0 Å². The Bertz CT molecular complexity index is 536. The minimum atomic E-state index is 0.317. The molecule has 2 heteroatoms. The van der Waals surface area contributed by atoms with Gasteiger partial charge < -0.3 is 10.1 Å². The minimum absolute atomic E-state index is 0.317. The molecule has 0 spiro atoms. The van der Waals surface area contributed by atoms with Gasteiger partial charge in [-0.25, -0.2) is 0 Å². The van der Waals surface area contributed by atoms with Gasteiger partial charge in [0.25, 0.3) is 0 Å². The van der Waals surface area contributed by atoms with E-state index < -0.39 is 0 Å². The van der Waals surface area contributed by atoms with Gasteiger partial charge in [-0.3, -0.25) is 0 Å². The Labute approximate surface area is 121 Å². The highest BCUT2D eigenvalue weighted by Crippen LogP contribution is 2.26. The number of rotatable bonds is 6. The van der Waals surface area contributed by atoms with E-state index in [9.17, 15) is 0 Å². The average molecular weight is 269 g/mol. The number of methoxy groups -OCH3 is 1. The second-order valence-electron chi connectivity index (χ2n) is 5.04. The third-order valence-electron chi connectivity index (χ3n) is 3.51. The molecule has 1 unspecified atom stereocenters. The van der Waals surface area contributed by atoms with E-state index in [2.05, 4.69) is 67.7 Å². The number of likely N-dealkylation sites (N-methyl/N-ethyl adjacent to an activating group) is 1. The van der Waals surface area contributed by atoms with Gasteiger partial charge in [-0.2, -0.15) is 0 Å². The zero-order valence-corrected chi connectivity index (χ0v) is 12.5. The number of ether oxygens (including phenoxy) is 1. The molecule has 106 valence electrons. The van der Waals surface area contributed by atoms with Crippen LogP contribution in [0.1, 0.15) is 29.7 Å². The average Bonchev–Trinajstić information content (AvgIpc) is 2.48. The topological polar surface area (TPSA) is 21.3 Å². The summed E-state index contributed by atoms with van der Waals surface area (Å²) in [6.07, 6.45) is 0.933. The molecule has 0 saturated carbocycles. The molecule has 1 N–H and O–H groups in total. The molecule has 0 aromatic heterocycles. The van der Waals surface area contributed by atoms with Crippen LogP contribution >= 0.6 is 0 Å². The summed E-state index contributed by atoms with van der Waals surface area (Å²) >= 11 is 0. The van der Waals surface area contributed by atoms with Crippen molar-refractivity contribution in [2.75, 3.05) is 13.7 Å². The van der Waals surface area contributed by atoms with Crippen LogP contribution in [0.2, 0.25) is 0 Å². The van der Waals surface area contributed by atoms with Crippen molar-refractivity contribution >= 4 is 0 Å². The van der Waals surface area contributed by atoms with Gasteiger partial charge in [-0.05, 0) is 37.1 Å². The fraction of sp³-hybridized carbons (Fsp3) is 0.333. The SMILES string of the molecule is CCNC(Cc1cc(C)ccc1OC)c1ccccc1. The molecule has 0 aliphatic heterocycles. The van der Waals surface area contributed by atoms with E-state index in [1.165, 1.54) is 16.7 Å². The first-order chi connectivity index (χ1) is 9.74. The molecule has 0 aliphatic carbocycles. The van der Waals surface area contributed by atoms with Crippen molar-refractivity contribution in [2.24, 2.45) is 0 Å². The minimum Gasteiger partial charge on any atom is -0.496 e. The molecule has 2 aromatic carbocycles. The van der Waals surface area contributed by atoms with E-state index in [1.54, 1.807) is 7.11 Å².